The lowest BCUT2D eigenvalue weighted by atomic mass is 10.1. The van der Waals surface area contributed by atoms with Crippen LogP contribution in [0.4, 0.5) is 0 Å². The van der Waals surface area contributed by atoms with Crippen molar-refractivity contribution in [1.82, 2.24) is 4.90 Å². The van der Waals surface area contributed by atoms with Crippen LogP contribution in [0.5, 0.6) is 0 Å². The molecule has 0 atom stereocenters. The van der Waals surface area contributed by atoms with Gasteiger partial charge in [0.05, 0.1) is 0 Å². The summed E-state index contributed by atoms with van der Waals surface area (Å²) in [6.45, 7) is 7.04. The van der Waals surface area contributed by atoms with E-state index in [-0.39, 0.29) is 0 Å². The average Bonchev–Trinajstić information content (AvgIpc) is 2.45. The second kappa shape index (κ2) is 14.8. The van der Waals surface area contributed by atoms with Crippen molar-refractivity contribution in [2.45, 2.75) is 84.5 Å². The van der Waals surface area contributed by atoms with Gasteiger partial charge in [-0.05, 0) is 32.2 Å². The van der Waals surface area contributed by atoms with Gasteiger partial charge in [0.1, 0.15) is 0 Å². The molecular formula is C17H36N2O. The van der Waals surface area contributed by atoms with Gasteiger partial charge in [-0.25, -0.2) is 0 Å². The van der Waals surface area contributed by atoms with E-state index < -0.39 is 0 Å². The first-order valence-corrected chi connectivity index (χ1v) is 8.74. The van der Waals surface area contributed by atoms with Crippen LogP contribution in [0, 0.1) is 0 Å². The van der Waals surface area contributed by atoms with Gasteiger partial charge in [0.15, 0.2) is 0 Å². The summed E-state index contributed by atoms with van der Waals surface area (Å²) in [5, 5.41) is 0. The SMILES string of the molecule is CCCCCCN(CCCCCC)C(=O)CCCCN. The zero-order chi connectivity index (χ0) is 15.1. The van der Waals surface area contributed by atoms with Crippen LogP contribution in [-0.2, 0) is 4.79 Å². The molecule has 0 aromatic rings. The van der Waals surface area contributed by atoms with E-state index in [1.165, 1.54) is 38.5 Å². The molecule has 0 aromatic heterocycles. The normalized spacial score (nSPS) is 10.8. The average molecular weight is 284 g/mol. The molecule has 0 rings (SSSR count). The first-order valence-electron chi connectivity index (χ1n) is 8.74. The van der Waals surface area contributed by atoms with Crippen LogP contribution in [-0.4, -0.2) is 30.4 Å². The highest BCUT2D eigenvalue weighted by Gasteiger charge is 2.12. The molecule has 3 nitrogen and oxygen atoms in total. The van der Waals surface area contributed by atoms with Gasteiger partial charge in [-0.3, -0.25) is 4.79 Å². The number of carbonyl (C=O) groups is 1. The Morgan fingerprint density at radius 3 is 1.80 bits per heavy atom. The van der Waals surface area contributed by atoms with Crippen molar-refractivity contribution in [3.8, 4) is 0 Å². The van der Waals surface area contributed by atoms with Crippen molar-refractivity contribution < 1.29 is 4.79 Å². The lowest BCUT2D eigenvalue weighted by molar-refractivity contribution is -0.131. The summed E-state index contributed by atoms with van der Waals surface area (Å²) >= 11 is 0. The minimum absolute atomic E-state index is 0.339. The van der Waals surface area contributed by atoms with Gasteiger partial charge in [0, 0.05) is 19.5 Å². The van der Waals surface area contributed by atoms with Crippen LogP contribution in [0.15, 0.2) is 0 Å². The monoisotopic (exact) mass is 284 g/mol. The fourth-order valence-corrected chi connectivity index (χ4v) is 2.40. The third kappa shape index (κ3) is 11.3. The van der Waals surface area contributed by atoms with Crippen molar-refractivity contribution in [2.75, 3.05) is 19.6 Å². The Hall–Kier alpha value is -0.570. The van der Waals surface area contributed by atoms with Crippen LogP contribution in [0.1, 0.15) is 84.5 Å². The molecule has 0 aromatic carbocycles. The molecule has 0 radical (unpaired) electrons. The highest BCUT2D eigenvalue weighted by Crippen LogP contribution is 2.08. The van der Waals surface area contributed by atoms with E-state index in [1.54, 1.807) is 0 Å². The van der Waals surface area contributed by atoms with Crippen LogP contribution >= 0.6 is 0 Å². The molecule has 0 bridgehead atoms. The Kier molecular flexibility index (Phi) is 14.4. The van der Waals surface area contributed by atoms with Crippen molar-refractivity contribution in [3.05, 3.63) is 0 Å². The molecule has 0 unspecified atom stereocenters. The molecule has 0 saturated heterocycles. The Bertz CT molecular complexity index is 207. The maximum Gasteiger partial charge on any atom is 0.222 e. The molecule has 1 amide bonds. The third-order valence-corrected chi connectivity index (χ3v) is 3.76. The number of nitrogens with two attached hydrogens (primary N) is 1. The molecule has 0 saturated carbocycles. The Balaban J connectivity index is 3.98. The molecular weight excluding hydrogens is 248 g/mol. The Morgan fingerprint density at radius 1 is 0.800 bits per heavy atom. The Morgan fingerprint density at radius 2 is 1.35 bits per heavy atom. The van der Waals surface area contributed by atoms with Gasteiger partial charge in [-0.1, -0.05) is 52.4 Å². The molecule has 0 fully saturated rings. The number of amides is 1. The van der Waals surface area contributed by atoms with Crippen LogP contribution in [0.2, 0.25) is 0 Å². The molecule has 20 heavy (non-hydrogen) atoms. The fourth-order valence-electron chi connectivity index (χ4n) is 2.40. The topological polar surface area (TPSA) is 46.3 Å². The molecule has 120 valence electrons. The first-order chi connectivity index (χ1) is 9.76. The van der Waals surface area contributed by atoms with Crippen LogP contribution in [0.3, 0.4) is 0 Å². The predicted octanol–water partition coefficient (Wildman–Crippen LogP) is 4.10. The van der Waals surface area contributed by atoms with Gasteiger partial charge in [0.25, 0.3) is 0 Å². The van der Waals surface area contributed by atoms with Crippen molar-refractivity contribution in [2.24, 2.45) is 5.73 Å². The van der Waals surface area contributed by atoms with Crippen LogP contribution < -0.4 is 5.73 Å². The third-order valence-electron chi connectivity index (χ3n) is 3.76. The molecule has 0 spiro atoms. The number of unbranched alkanes of at least 4 members (excludes halogenated alkanes) is 7. The molecule has 0 aliphatic rings. The zero-order valence-corrected chi connectivity index (χ0v) is 13.8. The summed E-state index contributed by atoms with van der Waals surface area (Å²) in [6.07, 6.45) is 12.5. The maximum absolute atomic E-state index is 12.2. The molecule has 3 heteroatoms. The van der Waals surface area contributed by atoms with E-state index in [1.807, 2.05) is 0 Å². The second-order valence-corrected chi connectivity index (χ2v) is 5.75. The fraction of sp³-hybridized carbons (Fsp3) is 0.941. The summed E-state index contributed by atoms with van der Waals surface area (Å²) in [4.78, 5) is 14.3. The summed E-state index contributed by atoms with van der Waals surface area (Å²) in [6, 6.07) is 0. The van der Waals surface area contributed by atoms with Crippen molar-refractivity contribution >= 4 is 5.91 Å². The largest absolute Gasteiger partial charge is 0.343 e. The van der Waals surface area contributed by atoms with Crippen molar-refractivity contribution in [3.63, 3.8) is 0 Å². The Labute approximate surface area is 126 Å². The molecule has 0 heterocycles. The van der Waals surface area contributed by atoms with E-state index in [0.717, 1.165) is 38.8 Å². The minimum atomic E-state index is 0.339. The lowest BCUT2D eigenvalue weighted by Gasteiger charge is -2.23. The standard InChI is InChI=1S/C17H36N2O/c1-3-5-7-11-15-19(16-12-8-6-4-2)17(20)13-9-10-14-18/h3-16,18H2,1-2H3. The van der Waals surface area contributed by atoms with Crippen molar-refractivity contribution in [1.29, 1.82) is 0 Å². The van der Waals surface area contributed by atoms with E-state index in [9.17, 15) is 4.79 Å². The summed E-state index contributed by atoms with van der Waals surface area (Å²) in [7, 11) is 0. The predicted molar refractivity (Wildman–Crippen MR) is 87.8 cm³/mol. The van der Waals surface area contributed by atoms with E-state index in [4.69, 9.17) is 5.73 Å². The highest BCUT2D eigenvalue weighted by atomic mass is 16.2. The van der Waals surface area contributed by atoms with Gasteiger partial charge in [-0.15, -0.1) is 0 Å². The number of hydrogen-bond acceptors (Lipinski definition) is 2. The molecule has 0 aliphatic carbocycles. The van der Waals surface area contributed by atoms with Gasteiger partial charge in [-0.2, -0.15) is 0 Å². The van der Waals surface area contributed by atoms with E-state index in [0.29, 0.717) is 18.9 Å². The van der Waals surface area contributed by atoms with Gasteiger partial charge in [0.2, 0.25) is 5.91 Å². The quantitative estimate of drug-likeness (QED) is 0.488. The number of carbonyl (C=O) groups excluding carboxylic acids is 1. The summed E-state index contributed by atoms with van der Waals surface area (Å²) < 4.78 is 0. The van der Waals surface area contributed by atoms with Gasteiger partial charge < -0.3 is 10.6 Å². The maximum atomic E-state index is 12.2. The first kappa shape index (κ1) is 19.4. The lowest BCUT2D eigenvalue weighted by Crippen LogP contribution is -2.33. The molecule has 2 N–H and O–H groups in total. The minimum Gasteiger partial charge on any atom is -0.343 e. The number of nitrogens with zero attached hydrogens (tertiary/aromatic N) is 1. The van der Waals surface area contributed by atoms with Gasteiger partial charge >= 0.3 is 0 Å². The second-order valence-electron chi connectivity index (χ2n) is 5.75. The molecule has 0 aliphatic heterocycles. The van der Waals surface area contributed by atoms with E-state index >= 15 is 0 Å². The number of rotatable bonds is 14. The highest BCUT2D eigenvalue weighted by molar-refractivity contribution is 5.76. The van der Waals surface area contributed by atoms with Crippen LogP contribution in [0.25, 0.3) is 0 Å². The zero-order valence-electron chi connectivity index (χ0n) is 13.8. The van der Waals surface area contributed by atoms with E-state index in [2.05, 4.69) is 18.7 Å². The number of hydrogen-bond donors (Lipinski definition) is 1. The smallest absolute Gasteiger partial charge is 0.222 e. The summed E-state index contributed by atoms with van der Waals surface area (Å²) in [5.74, 6) is 0.339. The summed E-state index contributed by atoms with van der Waals surface area (Å²) in [5.41, 5.74) is 5.49.